The average Bonchev–Trinajstić information content (AvgIpc) is 2.43. The van der Waals surface area contributed by atoms with Crippen molar-refractivity contribution in [2.75, 3.05) is 0 Å². The third-order valence-corrected chi connectivity index (χ3v) is 3.81. The summed E-state index contributed by atoms with van der Waals surface area (Å²) in [5.74, 6) is -0.136. The number of nitriles is 1. The highest BCUT2D eigenvalue weighted by Gasteiger charge is 2.32. The Morgan fingerprint density at radius 2 is 1.63 bits per heavy atom. The molecule has 1 aromatic carbocycles. The lowest BCUT2D eigenvalue weighted by Crippen LogP contribution is -2.47. The van der Waals surface area contributed by atoms with Crippen LogP contribution in [0.15, 0.2) is 30.3 Å². The molecule has 1 aliphatic carbocycles. The molecule has 0 heterocycles. The Hall–Kier alpha value is -1.82. The van der Waals surface area contributed by atoms with Crippen molar-refractivity contribution in [3.8, 4) is 6.07 Å². The number of hydrogen-bond acceptors (Lipinski definition) is 2. The number of nitrogens with one attached hydrogen (secondary N) is 1. The molecule has 1 N–H and O–H groups in total. The van der Waals surface area contributed by atoms with Crippen molar-refractivity contribution < 1.29 is 4.79 Å². The number of carbonyl (C=O) groups excluding carboxylic acids is 1. The van der Waals surface area contributed by atoms with E-state index in [9.17, 15) is 10.1 Å². The van der Waals surface area contributed by atoms with Crippen LogP contribution >= 0.6 is 0 Å². The van der Waals surface area contributed by atoms with Gasteiger partial charge in [-0.25, -0.2) is 0 Å². The molecule has 0 radical (unpaired) electrons. The van der Waals surface area contributed by atoms with Crippen LogP contribution in [0.3, 0.4) is 0 Å². The minimum atomic E-state index is -0.673. The molecule has 3 heteroatoms. The quantitative estimate of drug-likeness (QED) is 0.881. The van der Waals surface area contributed by atoms with Crippen molar-refractivity contribution in [2.24, 2.45) is 0 Å². The van der Waals surface area contributed by atoms with Crippen molar-refractivity contribution in [1.82, 2.24) is 5.32 Å². The van der Waals surface area contributed by atoms with Crippen LogP contribution in [0.25, 0.3) is 0 Å². The maximum atomic E-state index is 12.2. The van der Waals surface area contributed by atoms with Crippen molar-refractivity contribution in [1.29, 1.82) is 5.26 Å². The SMILES string of the molecule is N#CC1(NC(=O)c2ccccc2)CCCCCCC1. The molecule has 0 unspecified atom stereocenters. The number of nitrogens with zero attached hydrogens (tertiary/aromatic N) is 1. The molecule has 0 atom stereocenters. The van der Waals surface area contributed by atoms with E-state index in [0.717, 1.165) is 38.5 Å². The zero-order valence-electron chi connectivity index (χ0n) is 11.2. The van der Waals surface area contributed by atoms with E-state index in [0.29, 0.717) is 5.56 Å². The summed E-state index contributed by atoms with van der Waals surface area (Å²) >= 11 is 0. The minimum absolute atomic E-state index is 0.136. The van der Waals surface area contributed by atoms with Gasteiger partial charge < -0.3 is 5.32 Å². The molecule has 1 saturated carbocycles. The van der Waals surface area contributed by atoms with Gasteiger partial charge in [0.1, 0.15) is 5.54 Å². The topological polar surface area (TPSA) is 52.9 Å². The van der Waals surface area contributed by atoms with Gasteiger partial charge in [0.2, 0.25) is 0 Å². The van der Waals surface area contributed by atoms with Crippen LogP contribution in [0.1, 0.15) is 55.3 Å². The summed E-state index contributed by atoms with van der Waals surface area (Å²) in [6.45, 7) is 0. The molecule has 1 amide bonds. The van der Waals surface area contributed by atoms with Gasteiger partial charge in [0, 0.05) is 5.56 Å². The van der Waals surface area contributed by atoms with E-state index in [2.05, 4.69) is 11.4 Å². The molecule has 1 aromatic rings. The van der Waals surface area contributed by atoms with Gasteiger partial charge in [0.15, 0.2) is 0 Å². The minimum Gasteiger partial charge on any atom is -0.334 e. The second kappa shape index (κ2) is 6.38. The van der Waals surface area contributed by atoms with E-state index in [1.165, 1.54) is 6.42 Å². The number of amides is 1. The zero-order valence-corrected chi connectivity index (χ0v) is 11.2. The zero-order chi connectivity index (χ0) is 13.6. The number of hydrogen-bond donors (Lipinski definition) is 1. The molecule has 2 rings (SSSR count). The molecule has 1 aliphatic rings. The second-order valence-corrected chi connectivity index (χ2v) is 5.28. The van der Waals surface area contributed by atoms with Crippen molar-refractivity contribution in [3.63, 3.8) is 0 Å². The molecular weight excluding hydrogens is 236 g/mol. The Morgan fingerprint density at radius 3 is 2.21 bits per heavy atom. The van der Waals surface area contributed by atoms with Crippen LogP contribution in [0, 0.1) is 11.3 Å². The van der Waals surface area contributed by atoms with E-state index in [1.54, 1.807) is 12.1 Å². The number of carbonyl (C=O) groups is 1. The van der Waals surface area contributed by atoms with Crippen LogP contribution in [0.5, 0.6) is 0 Å². The Labute approximate surface area is 114 Å². The monoisotopic (exact) mass is 256 g/mol. The van der Waals surface area contributed by atoms with Gasteiger partial charge in [-0.15, -0.1) is 0 Å². The molecule has 0 spiro atoms. The summed E-state index contributed by atoms with van der Waals surface area (Å²) in [6.07, 6.45) is 7.12. The van der Waals surface area contributed by atoms with E-state index in [-0.39, 0.29) is 5.91 Å². The highest BCUT2D eigenvalue weighted by molar-refractivity contribution is 5.94. The van der Waals surface area contributed by atoms with E-state index in [1.807, 2.05) is 18.2 Å². The van der Waals surface area contributed by atoms with Crippen molar-refractivity contribution in [3.05, 3.63) is 35.9 Å². The van der Waals surface area contributed by atoms with E-state index < -0.39 is 5.54 Å². The molecule has 0 bridgehead atoms. The smallest absolute Gasteiger partial charge is 0.252 e. The predicted molar refractivity (Wildman–Crippen MR) is 74.6 cm³/mol. The molecule has 0 aromatic heterocycles. The number of benzene rings is 1. The van der Waals surface area contributed by atoms with Gasteiger partial charge >= 0.3 is 0 Å². The Kier molecular flexibility index (Phi) is 4.57. The van der Waals surface area contributed by atoms with Gasteiger partial charge in [0.25, 0.3) is 5.91 Å². The third kappa shape index (κ3) is 3.57. The van der Waals surface area contributed by atoms with Gasteiger partial charge in [-0.2, -0.15) is 5.26 Å². The fraction of sp³-hybridized carbons (Fsp3) is 0.500. The number of rotatable bonds is 2. The maximum absolute atomic E-state index is 12.2. The molecule has 0 aliphatic heterocycles. The fourth-order valence-electron chi connectivity index (χ4n) is 2.65. The molecule has 0 saturated heterocycles. The lowest BCUT2D eigenvalue weighted by Gasteiger charge is -2.29. The van der Waals surface area contributed by atoms with Crippen molar-refractivity contribution >= 4 is 5.91 Å². The Balaban J connectivity index is 2.09. The van der Waals surface area contributed by atoms with Crippen LogP contribution in [-0.4, -0.2) is 11.4 Å². The highest BCUT2D eigenvalue weighted by Crippen LogP contribution is 2.26. The molecule has 19 heavy (non-hydrogen) atoms. The summed E-state index contributed by atoms with van der Waals surface area (Å²) in [6, 6.07) is 11.5. The van der Waals surface area contributed by atoms with Crippen LogP contribution in [0.2, 0.25) is 0 Å². The normalized spacial score (nSPS) is 18.7. The van der Waals surface area contributed by atoms with Crippen LogP contribution < -0.4 is 5.32 Å². The van der Waals surface area contributed by atoms with Gasteiger partial charge in [-0.3, -0.25) is 4.79 Å². The van der Waals surface area contributed by atoms with Gasteiger partial charge in [-0.1, -0.05) is 50.3 Å². The molecule has 3 nitrogen and oxygen atoms in total. The lowest BCUT2D eigenvalue weighted by atomic mass is 9.85. The standard InChI is InChI=1S/C16H20N2O/c17-13-16(11-7-2-1-3-8-12-16)18-15(19)14-9-5-4-6-10-14/h4-6,9-10H,1-3,7-8,11-12H2,(H,18,19). The van der Waals surface area contributed by atoms with Gasteiger partial charge in [0.05, 0.1) is 6.07 Å². The lowest BCUT2D eigenvalue weighted by molar-refractivity contribution is 0.0907. The highest BCUT2D eigenvalue weighted by atomic mass is 16.1. The Bertz CT molecular complexity index is 453. The summed E-state index contributed by atoms with van der Waals surface area (Å²) in [5.41, 5.74) is -0.0490. The summed E-state index contributed by atoms with van der Waals surface area (Å²) in [4.78, 5) is 12.2. The largest absolute Gasteiger partial charge is 0.334 e. The first-order valence-electron chi connectivity index (χ1n) is 7.05. The predicted octanol–water partition coefficient (Wildman–Crippen LogP) is 3.42. The molecular formula is C16H20N2O. The molecule has 100 valence electrons. The summed E-state index contributed by atoms with van der Waals surface area (Å²) in [7, 11) is 0. The first-order chi connectivity index (χ1) is 9.26. The first kappa shape index (κ1) is 13.6. The fourth-order valence-corrected chi connectivity index (χ4v) is 2.65. The molecule has 1 fully saturated rings. The van der Waals surface area contributed by atoms with E-state index >= 15 is 0 Å². The summed E-state index contributed by atoms with van der Waals surface area (Å²) < 4.78 is 0. The first-order valence-corrected chi connectivity index (χ1v) is 7.05. The van der Waals surface area contributed by atoms with Gasteiger partial charge in [-0.05, 0) is 25.0 Å². The second-order valence-electron chi connectivity index (χ2n) is 5.28. The van der Waals surface area contributed by atoms with Crippen LogP contribution in [-0.2, 0) is 0 Å². The average molecular weight is 256 g/mol. The third-order valence-electron chi connectivity index (χ3n) is 3.81. The van der Waals surface area contributed by atoms with E-state index in [4.69, 9.17) is 0 Å². The van der Waals surface area contributed by atoms with Crippen molar-refractivity contribution in [2.45, 2.75) is 50.5 Å². The van der Waals surface area contributed by atoms with Crippen LogP contribution in [0.4, 0.5) is 0 Å². The maximum Gasteiger partial charge on any atom is 0.252 e. The Morgan fingerprint density at radius 1 is 1.05 bits per heavy atom. The summed E-state index contributed by atoms with van der Waals surface area (Å²) in [5, 5.41) is 12.5.